The van der Waals surface area contributed by atoms with Crippen LogP contribution in [-0.2, 0) is 15.6 Å². The predicted molar refractivity (Wildman–Crippen MR) is 124 cm³/mol. The van der Waals surface area contributed by atoms with Crippen molar-refractivity contribution in [2.24, 2.45) is 11.0 Å². The lowest BCUT2D eigenvalue weighted by Gasteiger charge is -2.11. The van der Waals surface area contributed by atoms with Gasteiger partial charge < -0.3 is 5.11 Å². The molecule has 0 saturated heterocycles. The number of hydrazone groups is 1. The Morgan fingerprint density at radius 3 is 2.52 bits per heavy atom. The third kappa shape index (κ3) is 5.83. The van der Waals surface area contributed by atoms with E-state index in [2.05, 4.69) is 10.5 Å². The second-order valence-electron chi connectivity index (χ2n) is 7.67. The van der Waals surface area contributed by atoms with Gasteiger partial charge in [0.2, 0.25) is 0 Å². The summed E-state index contributed by atoms with van der Waals surface area (Å²) in [6.45, 7) is 3.77. The van der Waals surface area contributed by atoms with Crippen molar-refractivity contribution in [2.75, 3.05) is 5.75 Å². The summed E-state index contributed by atoms with van der Waals surface area (Å²) in [4.78, 5) is 12.2. The average molecular weight is 459 g/mol. The first kappa shape index (κ1) is 22.8. The van der Waals surface area contributed by atoms with Crippen LogP contribution in [-0.4, -0.2) is 31.4 Å². The van der Waals surface area contributed by atoms with Crippen LogP contribution in [0.2, 0.25) is 5.02 Å². The maximum Gasteiger partial charge on any atom is 0.271 e. The first-order chi connectivity index (χ1) is 14.7. The van der Waals surface area contributed by atoms with Gasteiger partial charge in [-0.3, -0.25) is 4.79 Å². The molecule has 0 fully saturated rings. The molecule has 8 heteroatoms. The normalized spacial score (nSPS) is 12.0. The van der Waals surface area contributed by atoms with Crippen molar-refractivity contribution in [1.82, 2.24) is 5.43 Å². The minimum atomic E-state index is -3.22. The van der Waals surface area contributed by atoms with Gasteiger partial charge in [0, 0.05) is 11.1 Å². The summed E-state index contributed by atoms with van der Waals surface area (Å²) in [6.07, 6.45) is 1.51. The van der Waals surface area contributed by atoms with E-state index < -0.39 is 15.7 Å². The van der Waals surface area contributed by atoms with Gasteiger partial charge in [0.1, 0.15) is 5.75 Å². The van der Waals surface area contributed by atoms with Gasteiger partial charge in [-0.15, -0.1) is 0 Å². The summed E-state index contributed by atoms with van der Waals surface area (Å²) < 4.78 is 24.9. The van der Waals surface area contributed by atoms with Crippen LogP contribution in [0.5, 0.6) is 5.75 Å². The third-order valence-corrected chi connectivity index (χ3v) is 6.82. The van der Waals surface area contributed by atoms with Gasteiger partial charge in [0.25, 0.3) is 5.91 Å². The second kappa shape index (κ2) is 9.49. The molecule has 2 N–H and O–H groups in total. The molecule has 0 spiro atoms. The van der Waals surface area contributed by atoms with Crippen LogP contribution >= 0.6 is 11.6 Å². The zero-order valence-corrected chi connectivity index (χ0v) is 18.7. The number of amides is 1. The molecule has 31 heavy (non-hydrogen) atoms. The fraction of sp³-hybridized carbons (Fsp3) is 0.217. The van der Waals surface area contributed by atoms with Crippen LogP contribution < -0.4 is 5.43 Å². The van der Waals surface area contributed by atoms with E-state index in [4.69, 9.17) is 11.6 Å². The number of benzene rings is 3. The highest BCUT2D eigenvalue weighted by Crippen LogP contribution is 2.25. The second-order valence-corrected chi connectivity index (χ2v) is 10.2. The lowest BCUT2D eigenvalue weighted by Crippen LogP contribution is -2.17. The number of nitrogens with zero attached hydrogens (tertiary/aromatic N) is 1. The van der Waals surface area contributed by atoms with Gasteiger partial charge in [0.15, 0.2) is 9.84 Å². The molecular weight excluding hydrogens is 436 g/mol. The summed E-state index contributed by atoms with van der Waals surface area (Å²) in [6, 6.07) is 15.2. The molecule has 3 aromatic rings. The van der Waals surface area contributed by atoms with Gasteiger partial charge >= 0.3 is 0 Å². The molecule has 0 heterocycles. The van der Waals surface area contributed by atoms with Crippen molar-refractivity contribution in [3.8, 4) is 5.75 Å². The molecule has 1 amide bonds. The summed E-state index contributed by atoms with van der Waals surface area (Å²) in [5, 5.41) is 15.2. The number of hydrogen-bond acceptors (Lipinski definition) is 5. The topological polar surface area (TPSA) is 95.8 Å². The predicted octanol–water partition coefficient (Wildman–Crippen LogP) is 4.53. The molecule has 0 aliphatic heterocycles. The van der Waals surface area contributed by atoms with E-state index >= 15 is 0 Å². The number of fused-ring (bicyclic) bond motifs is 1. The zero-order chi connectivity index (χ0) is 22.6. The number of sulfone groups is 1. The van der Waals surface area contributed by atoms with Gasteiger partial charge in [-0.05, 0) is 40.5 Å². The van der Waals surface area contributed by atoms with E-state index in [1.54, 1.807) is 12.1 Å². The van der Waals surface area contributed by atoms with Crippen LogP contribution in [0.3, 0.4) is 0 Å². The third-order valence-electron chi connectivity index (χ3n) is 4.59. The van der Waals surface area contributed by atoms with E-state index in [0.717, 1.165) is 21.9 Å². The van der Waals surface area contributed by atoms with Crippen molar-refractivity contribution >= 4 is 44.3 Å². The highest BCUT2D eigenvalue weighted by Gasteiger charge is 2.16. The van der Waals surface area contributed by atoms with Crippen molar-refractivity contribution in [2.45, 2.75) is 19.6 Å². The molecular formula is C23H23ClN2O4S. The highest BCUT2D eigenvalue weighted by molar-refractivity contribution is 7.90. The molecule has 0 aromatic heterocycles. The highest BCUT2D eigenvalue weighted by atomic mass is 35.5. The fourth-order valence-electron chi connectivity index (χ4n) is 3.30. The molecule has 162 valence electrons. The maximum atomic E-state index is 12.5. The number of rotatable bonds is 7. The molecule has 0 bridgehead atoms. The molecule has 0 radical (unpaired) electrons. The molecule has 0 aliphatic carbocycles. The standard InChI is InChI=1S/C23H23ClN2O4S/c1-15(2)13-31(29,30)14-18-8-7-17(19-5-3-4-6-20(18)19)12-25-26-23(28)16-9-10-22(27)21(24)11-16/h3-12,15,27H,13-14H2,1-2H3,(H,26,28)/b25-12+. The van der Waals surface area contributed by atoms with Gasteiger partial charge in [-0.25, -0.2) is 13.8 Å². The van der Waals surface area contributed by atoms with E-state index in [0.29, 0.717) is 0 Å². The van der Waals surface area contributed by atoms with Gasteiger partial charge in [-0.1, -0.05) is 61.8 Å². The minimum absolute atomic E-state index is 0.0263. The Kier molecular flexibility index (Phi) is 6.97. The number of aromatic hydroxyl groups is 1. The molecule has 0 unspecified atom stereocenters. The lowest BCUT2D eigenvalue weighted by atomic mass is 10.0. The smallest absolute Gasteiger partial charge is 0.271 e. The Morgan fingerprint density at radius 1 is 1.13 bits per heavy atom. The van der Waals surface area contributed by atoms with Gasteiger partial charge in [0.05, 0.1) is 22.7 Å². The van der Waals surface area contributed by atoms with Crippen LogP contribution in [0.15, 0.2) is 59.7 Å². The van der Waals surface area contributed by atoms with E-state index in [9.17, 15) is 18.3 Å². The van der Waals surface area contributed by atoms with E-state index in [-0.39, 0.29) is 33.8 Å². The fourth-order valence-corrected chi connectivity index (χ4v) is 5.34. The minimum Gasteiger partial charge on any atom is -0.506 e. The summed E-state index contributed by atoms with van der Waals surface area (Å²) in [5.74, 6) is -0.406. The SMILES string of the molecule is CC(C)CS(=O)(=O)Cc1ccc(/C=N/NC(=O)c2ccc(O)c(Cl)c2)c2ccccc12. The summed E-state index contributed by atoms with van der Waals surface area (Å²) >= 11 is 5.83. The molecule has 0 atom stereocenters. The first-order valence-electron chi connectivity index (χ1n) is 9.69. The van der Waals surface area contributed by atoms with Crippen molar-refractivity contribution < 1.29 is 18.3 Å². The number of nitrogens with one attached hydrogen (secondary N) is 1. The lowest BCUT2D eigenvalue weighted by molar-refractivity contribution is 0.0955. The quantitative estimate of drug-likeness (QED) is 0.401. The number of carbonyl (C=O) groups is 1. The van der Waals surface area contributed by atoms with Crippen molar-refractivity contribution in [1.29, 1.82) is 0 Å². The Balaban J connectivity index is 1.83. The van der Waals surface area contributed by atoms with Crippen LogP contribution in [0.4, 0.5) is 0 Å². The number of halogens is 1. The number of phenols is 1. The zero-order valence-electron chi connectivity index (χ0n) is 17.2. The first-order valence-corrected chi connectivity index (χ1v) is 11.9. The maximum absolute atomic E-state index is 12.5. The number of phenolic OH excluding ortho intramolecular Hbond substituents is 1. The Labute approximate surface area is 186 Å². The molecule has 3 aromatic carbocycles. The van der Waals surface area contributed by atoms with E-state index in [1.807, 2.05) is 38.1 Å². The molecule has 6 nitrogen and oxygen atoms in total. The monoisotopic (exact) mass is 458 g/mol. The molecule has 3 rings (SSSR count). The van der Waals surface area contributed by atoms with Crippen LogP contribution in [0, 0.1) is 5.92 Å². The van der Waals surface area contributed by atoms with E-state index in [1.165, 1.54) is 24.4 Å². The van der Waals surface area contributed by atoms with Gasteiger partial charge in [-0.2, -0.15) is 5.10 Å². The van der Waals surface area contributed by atoms with Crippen molar-refractivity contribution in [3.05, 3.63) is 76.3 Å². The number of carbonyl (C=O) groups excluding carboxylic acids is 1. The number of hydrogen-bond donors (Lipinski definition) is 2. The largest absolute Gasteiger partial charge is 0.506 e. The van der Waals surface area contributed by atoms with Crippen LogP contribution in [0.1, 0.15) is 35.3 Å². The summed E-state index contributed by atoms with van der Waals surface area (Å²) in [7, 11) is -3.22. The molecule has 0 saturated carbocycles. The molecule has 0 aliphatic rings. The Morgan fingerprint density at radius 2 is 1.84 bits per heavy atom. The Hall–Kier alpha value is -2.90. The average Bonchev–Trinajstić information content (AvgIpc) is 2.70. The van der Waals surface area contributed by atoms with Crippen molar-refractivity contribution in [3.63, 3.8) is 0 Å². The summed E-state index contributed by atoms with van der Waals surface area (Å²) in [5.41, 5.74) is 4.16. The Bertz CT molecular complexity index is 1250. The van der Waals surface area contributed by atoms with Crippen LogP contribution in [0.25, 0.3) is 10.8 Å².